The summed E-state index contributed by atoms with van der Waals surface area (Å²) in [6, 6.07) is 22.5. The van der Waals surface area contributed by atoms with Gasteiger partial charge < -0.3 is 29.9 Å². The van der Waals surface area contributed by atoms with E-state index in [0.717, 1.165) is 34.0 Å². The molecule has 1 fully saturated rings. The predicted octanol–water partition coefficient (Wildman–Crippen LogP) is 4.96. The Kier molecular flexibility index (Phi) is 7.13. The molecule has 1 aliphatic heterocycles. The lowest BCUT2D eigenvalue weighted by atomic mass is 9.96. The van der Waals surface area contributed by atoms with E-state index in [1.165, 1.54) is 7.11 Å². The second-order valence-corrected chi connectivity index (χ2v) is 9.56. The zero-order chi connectivity index (χ0) is 26.8. The third kappa shape index (κ3) is 4.73. The molecule has 0 aliphatic carbocycles. The number of hydrogen-bond donors (Lipinski definition) is 3. The molecule has 2 unspecified atom stereocenters. The number of amides is 1. The first-order valence-corrected chi connectivity index (χ1v) is 12.7. The van der Waals surface area contributed by atoms with Gasteiger partial charge in [0.05, 0.1) is 23.5 Å². The molecule has 4 aromatic rings. The van der Waals surface area contributed by atoms with Crippen LogP contribution in [-0.2, 0) is 9.53 Å². The Labute approximate surface area is 226 Å². The number of nitrogens with one attached hydrogen (secondary N) is 2. The molecule has 2 aromatic carbocycles. The highest BCUT2D eigenvalue weighted by Gasteiger charge is 2.42. The van der Waals surface area contributed by atoms with Crippen LogP contribution in [0.25, 0.3) is 5.69 Å². The summed E-state index contributed by atoms with van der Waals surface area (Å²) in [6.45, 7) is 4.07. The maximum Gasteiger partial charge on any atom is 0.250 e. The van der Waals surface area contributed by atoms with Crippen LogP contribution in [0.4, 0.5) is 11.4 Å². The lowest BCUT2D eigenvalue weighted by Crippen LogP contribution is -2.29. The Balaban J connectivity index is 1.59. The number of aromatic nitrogens is 2. The van der Waals surface area contributed by atoms with Crippen LogP contribution in [0.15, 0.2) is 79.0 Å². The fraction of sp³-hybridized carbons (Fsp3) is 0.207. The summed E-state index contributed by atoms with van der Waals surface area (Å²) in [5.74, 6) is -0.00605. The fourth-order valence-electron chi connectivity index (χ4n) is 5.09. The number of carbonyl (C=O) groups is 1. The molecule has 2 aromatic heterocycles. The van der Waals surface area contributed by atoms with Gasteiger partial charge in [-0.2, -0.15) is 0 Å². The summed E-state index contributed by atoms with van der Waals surface area (Å²) in [5, 5.41) is 17.5. The summed E-state index contributed by atoms with van der Waals surface area (Å²) in [4.78, 5) is 18.7. The molecule has 9 heteroatoms. The molecule has 0 bridgehead atoms. The number of hydrogen-bond acceptors (Lipinski definition) is 5. The first-order chi connectivity index (χ1) is 18.4. The highest BCUT2D eigenvalue weighted by Crippen LogP contribution is 2.44. The topological polar surface area (TPSA) is 91.7 Å². The van der Waals surface area contributed by atoms with Crippen molar-refractivity contribution in [3.63, 3.8) is 0 Å². The predicted molar refractivity (Wildman–Crippen MR) is 152 cm³/mol. The van der Waals surface area contributed by atoms with Crippen LogP contribution < -0.4 is 15.5 Å². The van der Waals surface area contributed by atoms with Crippen molar-refractivity contribution in [1.29, 1.82) is 0 Å². The van der Waals surface area contributed by atoms with Crippen molar-refractivity contribution >= 4 is 34.6 Å². The summed E-state index contributed by atoms with van der Waals surface area (Å²) < 4.78 is 6.97. The van der Waals surface area contributed by atoms with E-state index < -0.39 is 0 Å². The maximum absolute atomic E-state index is 12.0. The van der Waals surface area contributed by atoms with Gasteiger partial charge in [-0.05, 0) is 86.2 Å². The lowest BCUT2D eigenvalue weighted by molar-refractivity contribution is -0.119. The van der Waals surface area contributed by atoms with Gasteiger partial charge in [-0.15, -0.1) is 0 Å². The lowest BCUT2D eigenvalue weighted by Gasteiger charge is -2.28. The number of pyridine rings is 1. The van der Waals surface area contributed by atoms with Gasteiger partial charge in [-0.3, -0.25) is 9.78 Å². The van der Waals surface area contributed by atoms with Gasteiger partial charge in [0.25, 0.3) is 0 Å². The number of aryl methyl sites for hydroxylation is 1. The summed E-state index contributed by atoms with van der Waals surface area (Å²) in [5.41, 5.74) is 6.19. The number of benzene rings is 2. The second-order valence-electron chi connectivity index (χ2n) is 9.18. The van der Waals surface area contributed by atoms with Crippen molar-refractivity contribution in [2.24, 2.45) is 0 Å². The molecule has 1 amide bonds. The normalized spacial score (nSPS) is 16.9. The molecule has 1 aliphatic rings. The number of rotatable bonds is 7. The Morgan fingerprint density at radius 3 is 2.53 bits per heavy atom. The Morgan fingerprint density at radius 1 is 1.11 bits per heavy atom. The van der Waals surface area contributed by atoms with E-state index in [9.17, 15) is 9.90 Å². The summed E-state index contributed by atoms with van der Waals surface area (Å²) in [6.07, 6.45) is 1.78. The van der Waals surface area contributed by atoms with E-state index in [0.29, 0.717) is 10.8 Å². The molecule has 0 spiro atoms. The second kappa shape index (κ2) is 10.6. The minimum absolute atomic E-state index is 0.0116. The van der Waals surface area contributed by atoms with Crippen LogP contribution in [0.3, 0.4) is 0 Å². The summed E-state index contributed by atoms with van der Waals surface area (Å²) >= 11 is 5.87. The molecule has 3 heterocycles. The van der Waals surface area contributed by atoms with Gasteiger partial charge in [0, 0.05) is 36.1 Å². The number of nitrogens with zero attached hydrogens (tertiary/aromatic N) is 3. The van der Waals surface area contributed by atoms with E-state index in [1.54, 1.807) is 12.3 Å². The van der Waals surface area contributed by atoms with Gasteiger partial charge in [0.15, 0.2) is 5.11 Å². The number of thiocarbonyl (C=S) groups is 1. The average Bonchev–Trinajstić information content (AvgIpc) is 3.40. The molecule has 3 N–H and O–H groups in total. The number of phenols is 1. The smallest absolute Gasteiger partial charge is 0.250 e. The molecule has 38 heavy (non-hydrogen) atoms. The van der Waals surface area contributed by atoms with Gasteiger partial charge >= 0.3 is 0 Å². The molecule has 5 rings (SSSR count). The van der Waals surface area contributed by atoms with Gasteiger partial charge in [0.1, 0.15) is 12.4 Å². The Morgan fingerprint density at radius 2 is 1.84 bits per heavy atom. The first kappa shape index (κ1) is 25.4. The van der Waals surface area contributed by atoms with Crippen molar-refractivity contribution < 1.29 is 14.6 Å². The largest absolute Gasteiger partial charge is 0.506 e. The molecular weight excluding hydrogens is 498 g/mol. The van der Waals surface area contributed by atoms with Gasteiger partial charge in [-0.1, -0.05) is 18.2 Å². The number of phenolic OH excluding ortho intramolecular Hbond substituents is 1. The molecule has 8 nitrogen and oxygen atoms in total. The third-order valence-corrected chi connectivity index (χ3v) is 7.03. The number of methoxy groups -OCH3 is 1. The number of ether oxygens (including phenoxy) is 1. The van der Waals surface area contributed by atoms with Crippen molar-refractivity contribution in [3.05, 3.63) is 102 Å². The number of aromatic hydroxyl groups is 1. The molecule has 0 radical (unpaired) electrons. The zero-order valence-electron chi connectivity index (χ0n) is 21.4. The molecule has 2 atom stereocenters. The van der Waals surface area contributed by atoms with Crippen molar-refractivity contribution in [3.8, 4) is 11.4 Å². The van der Waals surface area contributed by atoms with Crippen molar-refractivity contribution in [2.45, 2.75) is 25.9 Å². The number of anilines is 2. The number of carbonyl (C=O) groups excluding carboxylic acids is 1. The van der Waals surface area contributed by atoms with E-state index in [-0.39, 0.29) is 30.3 Å². The van der Waals surface area contributed by atoms with Crippen LogP contribution in [0, 0.1) is 13.8 Å². The monoisotopic (exact) mass is 527 g/mol. The van der Waals surface area contributed by atoms with Crippen molar-refractivity contribution in [2.75, 3.05) is 23.9 Å². The van der Waals surface area contributed by atoms with Gasteiger partial charge in [-0.25, -0.2) is 0 Å². The first-order valence-electron chi connectivity index (χ1n) is 12.3. The van der Waals surface area contributed by atoms with Crippen LogP contribution in [0.5, 0.6) is 5.75 Å². The zero-order valence-corrected chi connectivity index (χ0v) is 22.2. The Bertz CT molecular complexity index is 1470. The number of para-hydroxylation sites is 2. The molecule has 0 saturated carbocycles. The standard InChI is InChI=1S/C29H29N5O3S/c1-18-16-22(19(2)33(18)24-9-4-5-10-25(24)35)28-27(23-8-6-7-15-30-23)32-29(38)34(28)21-13-11-20(12-14-21)31-26(36)17-37-3/h4-16,27-28,35H,17H2,1-3H3,(H,31,36)(H,32,38). The Hall–Kier alpha value is -4.21. The quantitative estimate of drug-likeness (QED) is 0.293. The van der Waals surface area contributed by atoms with Crippen LogP contribution >= 0.6 is 12.2 Å². The van der Waals surface area contributed by atoms with Crippen LogP contribution in [0.1, 0.15) is 34.7 Å². The van der Waals surface area contributed by atoms with Gasteiger partial charge in [0.2, 0.25) is 5.91 Å². The minimum atomic E-state index is -0.219. The van der Waals surface area contributed by atoms with E-state index in [1.807, 2.05) is 67.6 Å². The highest BCUT2D eigenvalue weighted by atomic mass is 32.1. The van der Waals surface area contributed by atoms with Crippen molar-refractivity contribution in [1.82, 2.24) is 14.9 Å². The fourth-order valence-corrected chi connectivity index (χ4v) is 5.44. The van der Waals surface area contributed by atoms with E-state index in [4.69, 9.17) is 17.0 Å². The SMILES string of the molecule is COCC(=O)Nc1ccc(N2C(=S)NC(c3ccccn3)C2c2cc(C)n(-c3ccccc3O)c2C)cc1. The molecular formula is C29H29N5O3S. The highest BCUT2D eigenvalue weighted by molar-refractivity contribution is 7.80. The van der Waals surface area contributed by atoms with E-state index >= 15 is 0 Å². The molecule has 1 saturated heterocycles. The minimum Gasteiger partial charge on any atom is -0.506 e. The average molecular weight is 528 g/mol. The molecule has 194 valence electrons. The summed E-state index contributed by atoms with van der Waals surface area (Å²) in [7, 11) is 1.48. The van der Waals surface area contributed by atoms with Crippen LogP contribution in [-0.4, -0.2) is 39.4 Å². The third-order valence-electron chi connectivity index (χ3n) is 6.71. The maximum atomic E-state index is 12.0. The van der Waals surface area contributed by atoms with E-state index in [2.05, 4.69) is 38.1 Å². The van der Waals surface area contributed by atoms with Crippen LogP contribution in [0.2, 0.25) is 0 Å².